The molecule has 0 radical (unpaired) electrons. The molecule has 9 nitrogen and oxygen atoms in total. The number of carboxylic acid groups (broad SMARTS) is 2. The number of carboxylic acids is 2. The monoisotopic (exact) mass is 436 g/mol. The lowest BCUT2D eigenvalue weighted by Crippen LogP contribution is -2.40. The summed E-state index contributed by atoms with van der Waals surface area (Å²) < 4.78 is 24.5. The van der Waals surface area contributed by atoms with Gasteiger partial charge < -0.3 is 29.2 Å². The van der Waals surface area contributed by atoms with Gasteiger partial charge in [-0.25, -0.2) is 9.59 Å². The summed E-state index contributed by atoms with van der Waals surface area (Å²) in [5, 5.41) is 17.9. The van der Waals surface area contributed by atoms with Crippen LogP contribution in [0, 0.1) is 0 Å². The lowest BCUT2D eigenvalue weighted by molar-refractivity contribution is -0.686. The molecule has 0 unspecified atom stereocenters. The Labute approximate surface area is 181 Å². The molecule has 3 aliphatic rings. The highest BCUT2D eigenvalue weighted by Crippen LogP contribution is 2.42. The fourth-order valence-electron chi connectivity index (χ4n) is 3.95. The predicted octanol–water partition coefficient (Wildman–Crippen LogP) is 2.52. The zero-order chi connectivity index (χ0) is 22.2. The average Bonchev–Trinajstić information content (AvgIpc) is 3.44. The summed E-state index contributed by atoms with van der Waals surface area (Å²) in [6.45, 7) is 1.53. The number of ether oxygens (including phenoxy) is 4. The van der Waals surface area contributed by atoms with E-state index < -0.39 is 11.9 Å². The molecular weight excluding hydrogens is 418 g/mol. The molecule has 0 atom stereocenters. The van der Waals surface area contributed by atoms with Gasteiger partial charge in [-0.3, -0.25) is 0 Å². The van der Waals surface area contributed by atoms with E-state index in [0.29, 0.717) is 25.7 Å². The van der Waals surface area contributed by atoms with E-state index in [9.17, 15) is 9.59 Å². The van der Waals surface area contributed by atoms with Crippen LogP contribution in [-0.2, 0) is 22.6 Å². The van der Waals surface area contributed by atoms with Gasteiger partial charge in [0.15, 0.2) is 35.7 Å². The molecule has 6 rings (SSSR count). The number of aryl methyl sites for hydroxylation is 2. The summed E-state index contributed by atoms with van der Waals surface area (Å²) in [6, 6.07) is 10.5. The van der Waals surface area contributed by atoms with Crippen LogP contribution < -0.4 is 23.5 Å². The Hall–Kier alpha value is -4.27. The van der Waals surface area contributed by atoms with Crippen molar-refractivity contribution in [3.63, 3.8) is 0 Å². The van der Waals surface area contributed by atoms with E-state index in [0.717, 1.165) is 46.7 Å². The Morgan fingerprint density at radius 1 is 0.875 bits per heavy atom. The predicted molar refractivity (Wildman–Crippen MR) is 110 cm³/mol. The van der Waals surface area contributed by atoms with Crippen molar-refractivity contribution in [3.05, 3.63) is 54.2 Å². The fraction of sp³-hybridized carbons (Fsp3) is 0.174. The van der Waals surface area contributed by atoms with Gasteiger partial charge >= 0.3 is 11.9 Å². The number of rotatable bonds is 2. The van der Waals surface area contributed by atoms with Crippen molar-refractivity contribution in [2.45, 2.75) is 13.0 Å². The van der Waals surface area contributed by atoms with Crippen LogP contribution in [0.2, 0.25) is 0 Å². The van der Waals surface area contributed by atoms with Gasteiger partial charge in [0.05, 0.1) is 10.9 Å². The van der Waals surface area contributed by atoms with Crippen LogP contribution >= 0.6 is 0 Å². The van der Waals surface area contributed by atoms with Gasteiger partial charge in [-0.2, -0.15) is 4.57 Å². The van der Waals surface area contributed by atoms with Gasteiger partial charge in [0, 0.05) is 24.6 Å². The second-order valence-electron chi connectivity index (χ2n) is 7.28. The van der Waals surface area contributed by atoms with Gasteiger partial charge in [0.1, 0.15) is 0 Å². The van der Waals surface area contributed by atoms with E-state index in [4.69, 9.17) is 29.2 Å². The van der Waals surface area contributed by atoms with Crippen LogP contribution in [0.15, 0.2) is 48.7 Å². The number of fused-ring (bicyclic) bond motifs is 7. The maximum absolute atomic E-state index is 9.55. The summed E-state index contributed by atoms with van der Waals surface area (Å²) in [6.07, 6.45) is 4.26. The summed E-state index contributed by atoms with van der Waals surface area (Å²) in [4.78, 5) is 19.1. The molecule has 3 aromatic rings. The number of hydrogen-bond acceptors (Lipinski definition) is 6. The molecular formula is C23H18NO8+. The van der Waals surface area contributed by atoms with Gasteiger partial charge in [-0.05, 0) is 35.2 Å². The Kier molecular flexibility index (Phi) is 4.78. The third-order valence-corrected chi connectivity index (χ3v) is 5.36. The number of aromatic nitrogens is 1. The number of carbonyl (C=O) groups is 2. The molecule has 162 valence electrons. The Balaban J connectivity index is 0.000000235. The van der Waals surface area contributed by atoms with E-state index in [1.807, 2.05) is 6.07 Å². The topological polar surface area (TPSA) is 115 Å². The zero-order valence-electron chi connectivity index (χ0n) is 16.7. The van der Waals surface area contributed by atoms with Crippen LogP contribution in [0.4, 0.5) is 0 Å². The average molecular weight is 436 g/mol. The van der Waals surface area contributed by atoms with Crippen LogP contribution in [-0.4, -0.2) is 35.7 Å². The number of aliphatic carboxylic acids is 2. The molecule has 3 aliphatic heterocycles. The van der Waals surface area contributed by atoms with E-state index in [2.05, 4.69) is 35.0 Å². The highest BCUT2D eigenvalue weighted by Gasteiger charge is 2.29. The van der Waals surface area contributed by atoms with Crippen LogP contribution in [0.25, 0.3) is 22.0 Å². The normalized spacial score (nSPS) is 14.5. The lowest BCUT2D eigenvalue weighted by Gasteiger charge is -2.16. The SMILES string of the molecule is O=C(O)/C=C/C(=O)O.c1c2c(cc3c1OCO3)-c1cc3ccc4c(c3c[n+]1CC2)OCO4. The first kappa shape index (κ1) is 19.7. The molecule has 0 saturated carbocycles. The van der Waals surface area contributed by atoms with Crippen molar-refractivity contribution in [3.8, 4) is 34.3 Å². The number of hydrogen-bond donors (Lipinski definition) is 2. The maximum atomic E-state index is 9.55. The van der Waals surface area contributed by atoms with E-state index in [1.54, 1.807) is 0 Å². The molecule has 2 N–H and O–H groups in total. The number of nitrogens with zero attached hydrogens (tertiary/aromatic N) is 1. The Morgan fingerprint density at radius 3 is 2.31 bits per heavy atom. The van der Waals surface area contributed by atoms with Gasteiger partial charge in [0.25, 0.3) is 0 Å². The van der Waals surface area contributed by atoms with Crippen LogP contribution in [0.5, 0.6) is 23.0 Å². The molecule has 0 aliphatic carbocycles. The van der Waals surface area contributed by atoms with Crippen molar-refractivity contribution in [1.82, 2.24) is 0 Å². The molecule has 4 heterocycles. The third kappa shape index (κ3) is 3.53. The first-order valence-electron chi connectivity index (χ1n) is 9.82. The van der Waals surface area contributed by atoms with E-state index >= 15 is 0 Å². The van der Waals surface area contributed by atoms with Crippen molar-refractivity contribution in [1.29, 1.82) is 0 Å². The van der Waals surface area contributed by atoms with Crippen molar-refractivity contribution >= 4 is 22.7 Å². The van der Waals surface area contributed by atoms with Crippen molar-refractivity contribution in [2.75, 3.05) is 13.6 Å². The minimum Gasteiger partial charge on any atom is -0.478 e. The summed E-state index contributed by atoms with van der Waals surface area (Å²) in [7, 11) is 0. The molecule has 0 bridgehead atoms. The van der Waals surface area contributed by atoms with E-state index in [1.165, 1.54) is 16.8 Å². The second kappa shape index (κ2) is 7.77. The Bertz CT molecular complexity index is 1280. The van der Waals surface area contributed by atoms with Gasteiger partial charge in [0.2, 0.25) is 19.3 Å². The van der Waals surface area contributed by atoms with Crippen molar-refractivity contribution in [2.24, 2.45) is 0 Å². The smallest absolute Gasteiger partial charge is 0.328 e. The van der Waals surface area contributed by atoms with E-state index in [-0.39, 0.29) is 0 Å². The summed E-state index contributed by atoms with van der Waals surface area (Å²) in [5.74, 6) is 0.834. The molecule has 2 aromatic carbocycles. The van der Waals surface area contributed by atoms with Crippen LogP contribution in [0.3, 0.4) is 0 Å². The molecule has 1 aromatic heterocycles. The number of pyridine rings is 1. The molecule has 9 heteroatoms. The first-order chi connectivity index (χ1) is 15.5. The highest BCUT2D eigenvalue weighted by atomic mass is 16.7. The molecule has 0 spiro atoms. The highest BCUT2D eigenvalue weighted by molar-refractivity contribution is 5.92. The summed E-state index contributed by atoms with van der Waals surface area (Å²) in [5.41, 5.74) is 3.71. The van der Waals surface area contributed by atoms with Crippen LogP contribution in [0.1, 0.15) is 5.56 Å². The largest absolute Gasteiger partial charge is 0.478 e. The second-order valence-corrected chi connectivity index (χ2v) is 7.28. The molecule has 32 heavy (non-hydrogen) atoms. The minimum absolute atomic E-state index is 0.294. The summed E-state index contributed by atoms with van der Waals surface area (Å²) >= 11 is 0. The third-order valence-electron chi connectivity index (χ3n) is 5.36. The zero-order valence-corrected chi connectivity index (χ0v) is 16.7. The Morgan fingerprint density at radius 2 is 1.56 bits per heavy atom. The first-order valence-corrected chi connectivity index (χ1v) is 9.82. The molecule has 0 saturated heterocycles. The van der Waals surface area contributed by atoms with Gasteiger partial charge in [-0.1, -0.05) is 0 Å². The van der Waals surface area contributed by atoms with Crippen molar-refractivity contribution < 1.29 is 43.3 Å². The number of benzene rings is 2. The quantitative estimate of drug-likeness (QED) is 0.465. The fourth-order valence-corrected chi connectivity index (χ4v) is 3.95. The molecule has 0 fully saturated rings. The standard InChI is InChI=1S/C19H14NO4.C4H4O4/c1-2-16-19(24-10-21-16)14-8-20-4-3-12-6-17-18(23-9-22-17)7-13(12)15(20)5-11(1)14;5-3(6)1-2-4(7)8/h1-2,5-8H,3-4,9-10H2;1-2H,(H,5,6)(H,7,8)/q+1;/b;2-1+. The minimum atomic E-state index is -1.26. The van der Waals surface area contributed by atoms with Gasteiger partial charge in [-0.15, -0.1) is 0 Å². The maximum Gasteiger partial charge on any atom is 0.328 e. The molecule has 0 amide bonds. The lowest BCUT2D eigenvalue weighted by atomic mass is 9.95.